The Bertz CT molecular complexity index is 433. The van der Waals surface area contributed by atoms with Gasteiger partial charge in [0, 0.05) is 0 Å². The van der Waals surface area contributed by atoms with Crippen molar-refractivity contribution in [3.05, 3.63) is 36.4 Å². The third kappa shape index (κ3) is 7.48. The summed E-state index contributed by atoms with van der Waals surface area (Å²) < 4.78 is 11.2. The molecule has 1 aromatic carbocycles. The molecule has 0 unspecified atom stereocenters. The van der Waals surface area contributed by atoms with E-state index in [2.05, 4.69) is 32.1 Å². The molecule has 0 aliphatic rings. The van der Waals surface area contributed by atoms with Crippen LogP contribution in [0.15, 0.2) is 30.9 Å². The van der Waals surface area contributed by atoms with Crippen molar-refractivity contribution in [2.45, 2.75) is 19.3 Å². The van der Waals surface area contributed by atoms with Crippen LogP contribution in [0.3, 0.4) is 0 Å². The van der Waals surface area contributed by atoms with Gasteiger partial charge in [-0.3, -0.25) is 0 Å². The zero-order valence-corrected chi connectivity index (χ0v) is 14.4. The monoisotopic (exact) mass is 308 g/mol. The molecule has 0 saturated heterocycles. The zero-order chi connectivity index (χ0) is 16.2. The van der Waals surface area contributed by atoms with E-state index < -0.39 is 0 Å². The van der Waals surface area contributed by atoms with Crippen molar-refractivity contribution in [2.75, 3.05) is 47.4 Å². The third-order valence-electron chi connectivity index (χ3n) is 3.52. The van der Waals surface area contributed by atoms with Crippen LogP contribution in [-0.4, -0.2) is 47.4 Å². The average molecular weight is 308 g/mol. The van der Waals surface area contributed by atoms with Crippen molar-refractivity contribution >= 4 is 0 Å². The van der Waals surface area contributed by atoms with Gasteiger partial charge in [0.15, 0.2) is 11.5 Å². The van der Waals surface area contributed by atoms with E-state index in [9.17, 15) is 0 Å². The molecular weight excluding hydrogens is 276 g/mol. The maximum atomic E-state index is 5.84. The van der Waals surface area contributed by atoms with Crippen molar-refractivity contribution in [1.29, 1.82) is 0 Å². The molecule has 22 heavy (non-hydrogen) atoms. The number of likely N-dealkylation sites (N-methyl/N-ethyl adjacent to an activating group) is 1. The number of rotatable bonds is 12. The fraction of sp³-hybridized carbons (Fsp3) is 0.556. The summed E-state index contributed by atoms with van der Waals surface area (Å²) in [5.74, 6) is 1.63. The molecule has 1 aromatic rings. The molecule has 124 valence electrons. The van der Waals surface area contributed by atoms with Crippen LogP contribution in [-0.2, 0) is 6.42 Å². The number of unbranched alkanes of at least 4 members (excludes halogenated alkanes) is 1. The van der Waals surface area contributed by atoms with Crippen LogP contribution in [0.25, 0.3) is 0 Å². The van der Waals surface area contributed by atoms with Crippen LogP contribution in [0, 0.1) is 0 Å². The van der Waals surface area contributed by atoms with Gasteiger partial charge in [0.2, 0.25) is 0 Å². The summed E-state index contributed by atoms with van der Waals surface area (Å²) in [5, 5.41) is 2.39. The maximum absolute atomic E-state index is 5.84. The second-order valence-electron chi connectivity index (χ2n) is 5.86. The summed E-state index contributed by atoms with van der Waals surface area (Å²) in [6.45, 7) is 8.08. The first kappa shape index (κ1) is 18.5. The Hall–Kier alpha value is -1.52. The SMILES string of the molecule is C=CCc1ccc(OCCCC[NH2+]CC[NH+](C)C)c(OC)c1. The van der Waals surface area contributed by atoms with Crippen LogP contribution in [0.1, 0.15) is 18.4 Å². The Kier molecular flexibility index (Phi) is 9.35. The fourth-order valence-corrected chi connectivity index (χ4v) is 2.23. The number of nitrogens with one attached hydrogen (secondary N) is 1. The van der Waals surface area contributed by atoms with Gasteiger partial charge in [-0.05, 0) is 37.0 Å². The van der Waals surface area contributed by atoms with Gasteiger partial charge in [0.25, 0.3) is 0 Å². The Balaban J connectivity index is 2.23. The molecule has 0 aliphatic carbocycles. The van der Waals surface area contributed by atoms with Crippen LogP contribution in [0.2, 0.25) is 0 Å². The van der Waals surface area contributed by atoms with Gasteiger partial charge in [0.05, 0.1) is 34.4 Å². The zero-order valence-electron chi connectivity index (χ0n) is 14.4. The first-order chi connectivity index (χ1) is 10.7. The molecule has 0 radical (unpaired) electrons. The van der Waals surface area contributed by atoms with Crippen LogP contribution in [0.4, 0.5) is 0 Å². The van der Waals surface area contributed by atoms with Gasteiger partial charge in [-0.25, -0.2) is 0 Å². The number of quaternary nitrogens is 2. The first-order valence-electron chi connectivity index (χ1n) is 8.18. The molecule has 0 aliphatic heterocycles. The summed E-state index contributed by atoms with van der Waals surface area (Å²) in [6, 6.07) is 6.08. The first-order valence-corrected chi connectivity index (χ1v) is 8.18. The van der Waals surface area contributed by atoms with Crippen molar-refractivity contribution in [1.82, 2.24) is 0 Å². The van der Waals surface area contributed by atoms with Gasteiger partial charge in [-0.2, -0.15) is 0 Å². The highest BCUT2D eigenvalue weighted by Crippen LogP contribution is 2.28. The molecule has 0 aromatic heterocycles. The molecule has 0 fully saturated rings. The normalized spacial score (nSPS) is 10.7. The van der Waals surface area contributed by atoms with E-state index in [-0.39, 0.29) is 0 Å². The van der Waals surface area contributed by atoms with Gasteiger partial charge in [0.1, 0.15) is 13.1 Å². The van der Waals surface area contributed by atoms with Gasteiger partial charge in [-0.15, -0.1) is 6.58 Å². The predicted molar refractivity (Wildman–Crippen MR) is 91.0 cm³/mol. The number of hydrogen-bond acceptors (Lipinski definition) is 2. The summed E-state index contributed by atoms with van der Waals surface area (Å²) in [5.41, 5.74) is 1.19. The Labute approximate surface area is 135 Å². The van der Waals surface area contributed by atoms with Crippen LogP contribution >= 0.6 is 0 Å². The summed E-state index contributed by atoms with van der Waals surface area (Å²) >= 11 is 0. The molecule has 0 spiro atoms. The minimum absolute atomic E-state index is 0.740. The summed E-state index contributed by atoms with van der Waals surface area (Å²) in [6.07, 6.45) is 4.99. The fourth-order valence-electron chi connectivity index (χ4n) is 2.23. The maximum Gasteiger partial charge on any atom is 0.161 e. The molecule has 0 amide bonds. The number of allylic oxidation sites excluding steroid dienone is 1. The lowest BCUT2D eigenvalue weighted by atomic mass is 10.1. The lowest BCUT2D eigenvalue weighted by Crippen LogP contribution is -3.09. The van der Waals surface area contributed by atoms with Crippen LogP contribution in [0.5, 0.6) is 11.5 Å². The largest absolute Gasteiger partial charge is 0.493 e. The van der Waals surface area contributed by atoms with Gasteiger partial charge in [-0.1, -0.05) is 12.1 Å². The number of nitrogens with two attached hydrogens (primary N) is 1. The lowest BCUT2D eigenvalue weighted by Gasteiger charge is -2.11. The van der Waals surface area contributed by atoms with E-state index in [0.717, 1.165) is 30.9 Å². The van der Waals surface area contributed by atoms with Crippen LogP contribution < -0.4 is 19.7 Å². The van der Waals surface area contributed by atoms with E-state index in [1.54, 1.807) is 7.11 Å². The van der Waals surface area contributed by atoms with Gasteiger partial charge < -0.3 is 19.7 Å². The highest BCUT2D eigenvalue weighted by atomic mass is 16.5. The minimum Gasteiger partial charge on any atom is -0.493 e. The number of benzene rings is 1. The van der Waals surface area contributed by atoms with E-state index in [4.69, 9.17) is 9.47 Å². The Morgan fingerprint density at radius 2 is 2.00 bits per heavy atom. The predicted octanol–water partition coefficient (Wildman–Crippen LogP) is 0.291. The lowest BCUT2D eigenvalue weighted by molar-refractivity contribution is -0.874. The molecule has 0 bridgehead atoms. The summed E-state index contributed by atoms with van der Waals surface area (Å²) in [7, 11) is 6.06. The Morgan fingerprint density at radius 1 is 1.18 bits per heavy atom. The van der Waals surface area contributed by atoms with Gasteiger partial charge >= 0.3 is 0 Å². The second-order valence-corrected chi connectivity index (χ2v) is 5.86. The van der Waals surface area contributed by atoms with E-state index in [0.29, 0.717) is 0 Å². The van der Waals surface area contributed by atoms with Crippen molar-refractivity contribution < 1.29 is 19.7 Å². The standard InChI is InChI=1S/C18H30N2O2/c1-5-8-16-9-10-17(18(15-16)21-4)22-14-7-6-11-19-12-13-20(2)3/h5,9-10,15,19H,1,6-8,11-14H2,2-4H3/p+2. The van der Waals surface area contributed by atoms with E-state index in [1.165, 1.54) is 36.5 Å². The molecule has 1 rings (SSSR count). The second kappa shape index (κ2) is 11.1. The Morgan fingerprint density at radius 3 is 2.68 bits per heavy atom. The molecule has 4 nitrogen and oxygen atoms in total. The molecule has 0 saturated carbocycles. The van der Waals surface area contributed by atoms with E-state index in [1.807, 2.05) is 18.2 Å². The smallest absolute Gasteiger partial charge is 0.161 e. The number of methoxy groups -OCH3 is 1. The number of hydrogen-bond donors (Lipinski definition) is 2. The molecule has 4 heteroatoms. The molecule has 0 atom stereocenters. The molecular formula is C18H32N2O2+2. The quantitative estimate of drug-likeness (QED) is 0.430. The highest BCUT2D eigenvalue weighted by Gasteiger charge is 2.05. The van der Waals surface area contributed by atoms with Crippen molar-refractivity contribution in [3.63, 3.8) is 0 Å². The van der Waals surface area contributed by atoms with E-state index >= 15 is 0 Å². The molecule has 3 N–H and O–H groups in total. The third-order valence-corrected chi connectivity index (χ3v) is 3.52. The topological polar surface area (TPSA) is 39.5 Å². The minimum atomic E-state index is 0.740. The number of ether oxygens (including phenoxy) is 2. The van der Waals surface area contributed by atoms with Crippen molar-refractivity contribution in [3.8, 4) is 11.5 Å². The summed E-state index contributed by atoms with van der Waals surface area (Å²) in [4.78, 5) is 1.51. The highest BCUT2D eigenvalue weighted by molar-refractivity contribution is 5.43. The average Bonchev–Trinajstić information content (AvgIpc) is 2.50. The van der Waals surface area contributed by atoms with Crippen molar-refractivity contribution in [2.24, 2.45) is 0 Å². The molecule has 0 heterocycles.